The Morgan fingerprint density at radius 2 is 2.25 bits per heavy atom. The Morgan fingerprint density at radius 1 is 1.58 bits per heavy atom. The number of aryl methyl sites for hydroxylation is 1. The number of nitrogen functional groups attached to an aromatic ring is 1. The Kier molecular flexibility index (Phi) is 2.19. The molecule has 0 radical (unpaired) electrons. The van der Waals surface area contributed by atoms with Crippen molar-refractivity contribution in [3.63, 3.8) is 0 Å². The molecule has 0 aliphatic heterocycles. The van der Waals surface area contributed by atoms with Crippen molar-refractivity contribution in [1.29, 1.82) is 0 Å². The van der Waals surface area contributed by atoms with Gasteiger partial charge < -0.3 is 21.0 Å². The monoisotopic (exact) mass is 165 g/mol. The van der Waals surface area contributed by atoms with Gasteiger partial charge in [0, 0.05) is 11.4 Å². The molecule has 12 heavy (non-hydrogen) atoms. The number of anilines is 2. The van der Waals surface area contributed by atoms with Crippen LogP contribution in [0, 0.1) is 6.92 Å². The first kappa shape index (κ1) is 8.39. The van der Waals surface area contributed by atoms with Crippen molar-refractivity contribution in [2.75, 3.05) is 11.1 Å². The van der Waals surface area contributed by atoms with Crippen LogP contribution in [-0.4, -0.2) is 6.09 Å². The highest BCUT2D eigenvalue weighted by atomic mass is 16.4. The Bertz CT molecular complexity index is 310. The predicted octanol–water partition coefficient (Wildman–Crippen LogP) is 0.332. The van der Waals surface area contributed by atoms with Gasteiger partial charge in [-0.15, -0.1) is 0 Å². The van der Waals surface area contributed by atoms with Crippen molar-refractivity contribution >= 4 is 17.5 Å². The average molecular weight is 165 g/mol. The van der Waals surface area contributed by atoms with E-state index >= 15 is 0 Å². The second-order valence-electron chi connectivity index (χ2n) is 2.49. The van der Waals surface area contributed by atoms with E-state index in [1.807, 2.05) is 0 Å². The Morgan fingerprint density at radius 3 is 2.75 bits per heavy atom. The summed E-state index contributed by atoms with van der Waals surface area (Å²) in [6.07, 6.45) is -1.32. The van der Waals surface area contributed by atoms with E-state index in [4.69, 9.17) is 5.73 Å². The minimum Gasteiger partial charge on any atom is -0.530 e. The first-order valence-corrected chi connectivity index (χ1v) is 3.43. The molecule has 0 unspecified atom stereocenters. The number of amides is 1. The van der Waals surface area contributed by atoms with E-state index in [1.54, 1.807) is 25.1 Å². The molecule has 0 aliphatic rings. The molecule has 0 aromatic heterocycles. The van der Waals surface area contributed by atoms with Gasteiger partial charge in [0.15, 0.2) is 0 Å². The van der Waals surface area contributed by atoms with Crippen LogP contribution in [0.15, 0.2) is 18.2 Å². The summed E-state index contributed by atoms with van der Waals surface area (Å²) in [4.78, 5) is 10.2. The summed E-state index contributed by atoms with van der Waals surface area (Å²) in [6.45, 7) is 1.77. The van der Waals surface area contributed by atoms with Gasteiger partial charge in [-0.25, -0.2) is 0 Å². The fraction of sp³-hybridized carbons (Fsp3) is 0.125. The fourth-order valence-electron chi connectivity index (χ4n) is 0.937. The smallest absolute Gasteiger partial charge is 0.138 e. The zero-order valence-corrected chi connectivity index (χ0v) is 6.63. The predicted molar refractivity (Wildman–Crippen MR) is 44.6 cm³/mol. The van der Waals surface area contributed by atoms with Crippen LogP contribution in [0.1, 0.15) is 5.56 Å². The van der Waals surface area contributed by atoms with Crippen LogP contribution in [0.25, 0.3) is 0 Å². The molecule has 4 heteroatoms. The number of hydrogen-bond donors (Lipinski definition) is 2. The first-order valence-electron chi connectivity index (χ1n) is 3.43. The van der Waals surface area contributed by atoms with Gasteiger partial charge in [-0.3, -0.25) is 0 Å². The molecule has 0 spiro atoms. The largest absolute Gasteiger partial charge is 0.530 e. The lowest BCUT2D eigenvalue weighted by atomic mass is 10.2. The van der Waals surface area contributed by atoms with Crippen molar-refractivity contribution in [3.05, 3.63) is 23.8 Å². The third kappa shape index (κ3) is 1.88. The zero-order valence-electron chi connectivity index (χ0n) is 6.63. The topological polar surface area (TPSA) is 78.2 Å². The van der Waals surface area contributed by atoms with Gasteiger partial charge >= 0.3 is 0 Å². The highest BCUT2D eigenvalue weighted by Crippen LogP contribution is 2.16. The molecule has 3 N–H and O–H groups in total. The van der Waals surface area contributed by atoms with Gasteiger partial charge in [-0.2, -0.15) is 0 Å². The third-order valence-electron chi connectivity index (χ3n) is 1.49. The minimum atomic E-state index is -1.32. The Labute approximate surface area is 70.0 Å². The van der Waals surface area contributed by atoms with Crippen LogP contribution in [0.3, 0.4) is 0 Å². The minimum absolute atomic E-state index is 0.504. The maximum absolute atomic E-state index is 10.2. The molecule has 1 amide bonds. The summed E-state index contributed by atoms with van der Waals surface area (Å²) in [5.74, 6) is 0. The SMILES string of the molecule is Cc1cc(N)ccc1NC(=O)[O-]. The molecule has 0 saturated heterocycles. The van der Waals surface area contributed by atoms with Crippen LogP contribution in [0.4, 0.5) is 16.2 Å². The summed E-state index contributed by atoms with van der Waals surface area (Å²) in [5, 5.41) is 12.3. The molecular formula is C8H9N2O2-. The number of carboxylic acid groups (broad SMARTS) is 1. The van der Waals surface area contributed by atoms with Crippen LogP contribution < -0.4 is 16.2 Å². The van der Waals surface area contributed by atoms with Crippen LogP contribution in [0.5, 0.6) is 0 Å². The summed E-state index contributed by atoms with van der Waals surface area (Å²) in [5.41, 5.74) is 7.36. The van der Waals surface area contributed by atoms with Crippen molar-refractivity contribution in [3.8, 4) is 0 Å². The molecule has 4 nitrogen and oxygen atoms in total. The van der Waals surface area contributed by atoms with Gasteiger partial charge in [0.1, 0.15) is 6.09 Å². The molecule has 1 aromatic rings. The Balaban J connectivity index is 2.93. The van der Waals surface area contributed by atoms with Gasteiger partial charge in [0.05, 0.1) is 0 Å². The number of nitrogens with two attached hydrogens (primary N) is 1. The van der Waals surface area contributed by atoms with Gasteiger partial charge in [-0.1, -0.05) is 0 Å². The maximum Gasteiger partial charge on any atom is 0.138 e. The van der Waals surface area contributed by atoms with E-state index in [1.165, 1.54) is 0 Å². The van der Waals surface area contributed by atoms with E-state index in [0.717, 1.165) is 5.56 Å². The molecular weight excluding hydrogens is 156 g/mol. The summed E-state index contributed by atoms with van der Waals surface area (Å²) in [7, 11) is 0. The number of hydrogen-bond acceptors (Lipinski definition) is 3. The van der Waals surface area contributed by atoms with Crippen LogP contribution in [0.2, 0.25) is 0 Å². The molecule has 0 fully saturated rings. The fourth-order valence-corrected chi connectivity index (χ4v) is 0.937. The van der Waals surface area contributed by atoms with E-state index in [0.29, 0.717) is 11.4 Å². The lowest BCUT2D eigenvalue weighted by Gasteiger charge is -2.09. The third-order valence-corrected chi connectivity index (χ3v) is 1.49. The second-order valence-corrected chi connectivity index (χ2v) is 2.49. The summed E-state index contributed by atoms with van der Waals surface area (Å²) >= 11 is 0. The standard InChI is InChI=1S/C8H10N2O2/c1-5-4-6(9)2-3-7(5)10-8(11)12/h2-4,10H,9H2,1H3,(H,11,12)/p-1. The highest BCUT2D eigenvalue weighted by Gasteiger charge is 1.96. The lowest BCUT2D eigenvalue weighted by Crippen LogP contribution is -2.29. The summed E-state index contributed by atoms with van der Waals surface area (Å²) in [6, 6.07) is 4.91. The molecule has 0 atom stereocenters. The Hall–Kier alpha value is -1.71. The van der Waals surface area contributed by atoms with Crippen molar-refractivity contribution < 1.29 is 9.90 Å². The number of benzene rings is 1. The number of carbonyl (C=O) groups is 1. The van der Waals surface area contributed by atoms with E-state index < -0.39 is 6.09 Å². The molecule has 1 aromatic carbocycles. The van der Waals surface area contributed by atoms with Gasteiger partial charge in [-0.05, 0) is 30.7 Å². The lowest BCUT2D eigenvalue weighted by molar-refractivity contribution is -0.242. The van der Waals surface area contributed by atoms with E-state index in [-0.39, 0.29) is 0 Å². The molecule has 1 rings (SSSR count). The van der Waals surface area contributed by atoms with Crippen molar-refractivity contribution in [2.24, 2.45) is 0 Å². The number of nitrogens with one attached hydrogen (secondary N) is 1. The number of carbonyl (C=O) groups excluding carboxylic acids is 1. The zero-order chi connectivity index (χ0) is 9.14. The highest BCUT2D eigenvalue weighted by molar-refractivity contribution is 5.82. The van der Waals surface area contributed by atoms with Crippen LogP contribution >= 0.6 is 0 Å². The maximum atomic E-state index is 10.2. The van der Waals surface area contributed by atoms with Crippen LogP contribution in [-0.2, 0) is 0 Å². The quantitative estimate of drug-likeness (QED) is 0.588. The molecule has 0 saturated carbocycles. The normalized spacial score (nSPS) is 9.42. The average Bonchev–Trinajstić information content (AvgIpc) is 1.94. The van der Waals surface area contributed by atoms with E-state index in [2.05, 4.69) is 5.32 Å². The van der Waals surface area contributed by atoms with Crippen molar-refractivity contribution in [2.45, 2.75) is 6.92 Å². The van der Waals surface area contributed by atoms with E-state index in [9.17, 15) is 9.90 Å². The van der Waals surface area contributed by atoms with Gasteiger partial charge in [0.2, 0.25) is 0 Å². The molecule has 0 bridgehead atoms. The van der Waals surface area contributed by atoms with Crippen molar-refractivity contribution in [1.82, 2.24) is 0 Å². The molecule has 64 valence electrons. The number of rotatable bonds is 1. The molecule has 0 heterocycles. The summed E-state index contributed by atoms with van der Waals surface area (Å²) < 4.78 is 0. The second kappa shape index (κ2) is 3.13. The first-order chi connectivity index (χ1) is 5.59. The molecule has 0 aliphatic carbocycles. The van der Waals surface area contributed by atoms with Gasteiger partial charge in [0.25, 0.3) is 0 Å².